The molecule has 1 heterocycles. The third kappa shape index (κ3) is 2.08. The number of amides is 2. The van der Waals surface area contributed by atoms with Crippen LogP contribution in [-0.2, 0) is 9.59 Å². The summed E-state index contributed by atoms with van der Waals surface area (Å²) in [6, 6.07) is 5.95. The van der Waals surface area contributed by atoms with Gasteiger partial charge in [-0.25, -0.2) is 4.90 Å². The van der Waals surface area contributed by atoms with Crippen LogP contribution in [0.4, 0.5) is 14.5 Å². The van der Waals surface area contributed by atoms with Crippen molar-refractivity contribution in [3.63, 3.8) is 0 Å². The highest BCUT2D eigenvalue weighted by atomic mass is 19.3. The smallest absolute Gasteiger partial charge is 0.387 e. The first-order valence-electron chi connectivity index (χ1n) is 7.68. The lowest BCUT2D eigenvalue weighted by Gasteiger charge is -2.38. The molecule has 0 radical (unpaired) electrons. The van der Waals surface area contributed by atoms with Crippen molar-refractivity contribution in [1.29, 1.82) is 0 Å². The monoisotopic (exact) mass is 319 g/mol. The van der Waals surface area contributed by atoms with Crippen molar-refractivity contribution in [3.8, 4) is 5.75 Å². The van der Waals surface area contributed by atoms with Gasteiger partial charge in [0.25, 0.3) is 0 Å². The van der Waals surface area contributed by atoms with Crippen LogP contribution >= 0.6 is 0 Å². The van der Waals surface area contributed by atoms with Crippen LogP contribution in [0.5, 0.6) is 5.75 Å². The Kier molecular flexibility index (Phi) is 3.21. The number of rotatable bonds is 3. The van der Waals surface area contributed by atoms with Gasteiger partial charge in [0.2, 0.25) is 11.8 Å². The molecule has 2 amide bonds. The molecule has 1 saturated heterocycles. The Bertz CT molecular complexity index is 671. The number of carbonyl (C=O) groups is 2. The summed E-state index contributed by atoms with van der Waals surface area (Å²) >= 11 is 0. The van der Waals surface area contributed by atoms with E-state index in [2.05, 4.69) is 4.74 Å². The number of anilines is 1. The number of hydrogen-bond acceptors (Lipinski definition) is 3. The van der Waals surface area contributed by atoms with Crippen LogP contribution in [0.1, 0.15) is 12.8 Å². The van der Waals surface area contributed by atoms with E-state index in [1.54, 1.807) is 6.07 Å². The largest absolute Gasteiger partial charge is 0.433 e. The second kappa shape index (κ2) is 5.15. The van der Waals surface area contributed by atoms with Crippen LogP contribution in [0.25, 0.3) is 0 Å². The number of benzene rings is 1. The van der Waals surface area contributed by atoms with Crippen molar-refractivity contribution in [2.75, 3.05) is 4.90 Å². The molecule has 6 heteroatoms. The van der Waals surface area contributed by atoms with Crippen molar-refractivity contribution in [1.82, 2.24) is 0 Å². The number of carbonyl (C=O) groups excluding carboxylic acids is 2. The van der Waals surface area contributed by atoms with Crippen molar-refractivity contribution in [3.05, 3.63) is 36.4 Å². The van der Waals surface area contributed by atoms with Crippen LogP contribution in [-0.4, -0.2) is 18.4 Å². The number of alkyl halides is 2. The summed E-state index contributed by atoms with van der Waals surface area (Å²) in [4.78, 5) is 26.7. The molecule has 1 aliphatic heterocycles. The van der Waals surface area contributed by atoms with E-state index in [9.17, 15) is 18.4 Å². The van der Waals surface area contributed by atoms with E-state index in [0.29, 0.717) is 0 Å². The molecule has 5 rings (SSSR count). The molecule has 0 aromatic heterocycles. The summed E-state index contributed by atoms with van der Waals surface area (Å²) in [7, 11) is 0. The Labute approximate surface area is 131 Å². The molecule has 4 nitrogen and oxygen atoms in total. The van der Waals surface area contributed by atoms with Crippen molar-refractivity contribution in [2.45, 2.75) is 19.5 Å². The van der Waals surface area contributed by atoms with Crippen LogP contribution in [0, 0.1) is 23.7 Å². The molecule has 23 heavy (non-hydrogen) atoms. The molecule has 2 bridgehead atoms. The number of nitrogens with zero attached hydrogens (tertiary/aromatic N) is 1. The van der Waals surface area contributed by atoms with Gasteiger partial charge < -0.3 is 4.74 Å². The maximum absolute atomic E-state index is 12.8. The molecule has 1 aromatic carbocycles. The minimum atomic E-state index is -3.01. The molecule has 120 valence electrons. The molecule has 4 atom stereocenters. The first kappa shape index (κ1) is 14.4. The maximum atomic E-state index is 12.8. The third-order valence-corrected chi connectivity index (χ3v) is 5.08. The van der Waals surface area contributed by atoms with Crippen LogP contribution in [0.3, 0.4) is 0 Å². The van der Waals surface area contributed by atoms with Crippen LogP contribution in [0.15, 0.2) is 36.4 Å². The molecule has 4 aliphatic rings. The molecule has 0 spiro atoms. The van der Waals surface area contributed by atoms with Gasteiger partial charge in [0.15, 0.2) is 0 Å². The summed E-state index contributed by atoms with van der Waals surface area (Å²) in [5.74, 6) is -1.36. The third-order valence-electron chi connectivity index (χ3n) is 5.08. The molecule has 1 saturated carbocycles. The molecule has 0 unspecified atom stereocenters. The fraction of sp³-hybridized carbons (Fsp3) is 0.412. The van der Waals surface area contributed by atoms with Crippen molar-refractivity contribution >= 4 is 17.5 Å². The van der Waals surface area contributed by atoms with E-state index < -0.39 is 6.61 Å². The fourth-order valence-electron chi connectivity index (χ4n) is 4.15. The van der Waals surface area contributed by atoms with Gasteiger partial charge in [0.05, 0.1) is 17.5 Å². The normalized spacial score (nSPS) is 31.9. The number of ether oxygens (including phenoxy) is 1. The maximum Gasteiger partial charge on any atom is 0.387 e. The second-order valence-electron chi connectivity index (χ2n) is 6.20. The summed E-state index contributed by atoms with van der Waals surface area (Å²) in [5.41, 5.74) is 0.108. The van der Waals surface area contributed by atoms with Gasteiger partial charge in [-0.2, -0.15) is 8.78 Å². The minimum Gasteiger partial charge on any atom is -0.433 e. The lowest BCUT2D eigenvalue weighted by Crippen LogP contribution is -2.38. The number of allylic oxidation sites excluding steroid dienone is 2. The zero-order chi connectivity index (χ0) is 16.1. The van der Waals surface area contributed by atoms with Gasteiger partial charge in [0, 0.05) is 0 Å². The Balaban J connectivity index is 1.74. The zero-order valence-corrected chi connectivity index (χ0v) is 12.2. The van der Waals surface area contributed by atoms with E-state index in [1.165, 1.54) is 18.2 Å². The van der Waals surface area contributed by atoms with E-state index >= 15 is 0 Å². The van der Waals surface area contributed by atoms with Gasteiger partial charge in [0.1, 0.15) is 5.75 Å². The molecular weight excluding hydrogens is 304 g/mol. The van der Waals surface area contributed by atoms with Crippen LogP contribution < -0.4 is 9.64 Å². The number of para-hydroxylation sites is 2. The summed E-state index contributed by atoms with van der Waals surface area (Å²) in [6.45, 7) is -3.01. The first-order valence-corrected chi connectivity index (χ1v) is 7.68. The van der Waals surface area contributed by atoms with E-state index in [0.717, 1.165) is 17.7 Å². The quantitative estimate of drug-likeness (QED) is 0.635. The van der Waals surface area contributed by atoms with Crippen molar-refractivity contribution in [2.24, 2.45) is 23.7 Å². The van der Waals surface area contributed by atoms with Crippen LogP contribution in [0.2, 0.25) is 0 Å². The van der Waals surface area contributed by atoms with E-state index in [4.69, 9.17) is 0 Å². The lowest BCUT2D eigenvalue weighted by atomic mass is 9.63. The number of halogens is 2. The number of imide groups is 1. The Morgan fingerprint density at radius 2 is 1.57 bits per heavy atom. The van der Waals surface area contributed by atoms with Gasteiger partial charge in [-0.15, -0.1) is 0 Å². The summed E-state index contributed by atoms with van der Waals surface area (Å²) in [5, 5.41) is 0. The van der Waals surface area contributed by atoms with Gasteiger partial charge >= 0.3 is 6.61 Å². The SMILES string of the molecule is O=C1[C@@H]2[C@H](C(=O)N1c1ccccc1OC(F)F)[C@H]1C=C[C@H]2CC1. The molecular formula is C17H15F2NO3. The summed E-state index contributed by atoms with van der Waals surface area (Å²) in [6.07, 6.45) is 5.83. The first-order chi connectivity index (χ1) is 11.1. The Morgan fingerprint density at radius 1 is 1.00 bits per heavy atom. The van der Waals surface area contributed by atoms with Gasteiger partial charge in [-0.3, -0.25) is 9.59 Å². The predicted octanol–water partition coefficient (Wildman–Crippen LogP) is 2.99. The molecule has 0 N–H and O–H groups in total. The lowest BCUT2D eigenvalue weighted by molar-refractivity contribution is -0.124. The second-order valence-corrected chi connectivity index (χ2v) is 6.20. The number of hydrogen-bond donors (Lipinski definition) is 0. The highest BCUT2D eigenvalue weighted by Crippen LogP contribution is 2.51. The minimum absolute atomic E-state index is 0.0645. The average molecular weight is 319 g/mol. The standard InChI is InChI=1S/C17H15F2NO3/c18-17(19)23-12-4-2-1-3-11(12)20-15(21)13-9-5-6-10(8-7-9)14(13)16(20)22/h1-6,9-10,13-14,17H,7-8H2/t9-,10-,13-,14+/m0/s1. The number of fused-ring (bicyclic) bond motifs is 1. The average Bonchev–Trinajstić information content (AvgIpc) is 2.82. The molecule has 2 fully saturated rings. The van der Waals surface area contributed by atoms with Gasteiger partial charge in [-0.1, -0.05) is 24.3 Å². The topological polar surface area (TPSA) is 46.6 Å². The zero-order valence-electron chi connectivity index (χ0n) is 12.2. The molecule has 3 aliphatic carbocycles. The predicted molar refractivity (Wildman–Crippen MR) is 77.9 cm³/mol. The van der Waals surface area contributed by atoms with E-state index in [-0.39, 0.29) is 46.9 Å². The summed E-state index contributed by atoms with van der Waals surface area (Å²) < 4.78 is 29.7. The Morgan fingerprint density at radius 3 is 2.09 bits per heavy atom. The van der Waals surface area contributed by atoms with Gasteiger partial charge in [-0.05, 0) is 36.8 Å². The van der Waals surface area contributed by atoms with Crippen molar-refractivity contribution < 1.29 is 23.1 Å². The van der Waals surface area contributed by atoms with E-state index in [1.807, 2.05) is 12.2 Å². The fourth-order valence-corrected chi connectivity index (χ4v) is 4.15. The molecule has 1 aromatic rings. The highest BCUT2D eigenvalue weighted by molar-refractivity contribution is 6.23. The Hall–Kier alpha value is -2.24. The highest BCUT2D eigenvalue weighted by Gasteiger charge is 2.57.